The van der Waals surface area contributed by atoms with Gasteiger partial charge in [-0.2, -0.15) is 34.1 Å². The van der Waals surface area contributed by atoms with Gasteiger partial charge in [-0.1, -0.05) is 61.3 Å². The molecule has 0 amide bonds. The summed E-state index contributed by atoms with van der Waals surface area (Å²) in [6.45, 7) is 23.6. The van der Waals surface area contributed by atoms with Crippen molar-refractivity contribution in [2.24, 2.45) is 23.7 Å². The smallest absolute Gasteiger partial charge is 0.135 e. The van der Waals surface area contributed by atoms with E-state index in [9.17, 15) is 14.4 Å². The molecule has 0 saturated heterocycles. The van der Waals surface area contributed by atoms with E-state index in [1.807, 2.05) is 74.5 Å². The topological polar surface area (TPSA) is 51.2 Å². The third-order valence-electron chi connectivity index (χ3n) is 1.98. The maximum Gasteiger partial charge on any atom is 0.135 e. The number of hydrogen-bond donors (Lipinski definition) is 0. The van der Waals surface area contributed by atoms with Gasteiger partial charge >= 0.3 is 0 Å². The monoisotopic (exact) mass is 548 g/mol. The molecule has 0 aliphatic rings. The van der Waals surface area contributed by atoms with Crippen molar-refractivity contribution < 1.29 is 79.8 Å². The standard InChI is InChI=1S/C8H16O.C5H9O.C4H7O.2C3H7.2Y/c1-6(2)5-8(9)7(3)4;1-5(2)3-4-6;1-4(2)3-5;2*1-3-2;;/h6-7H,5H2,1-4H3;5H,3H2,1-2H3;4H,1-2H3;2*3H,1-2H3;;/q;4*-1;;. The Morgan fingerprint density at radius 1 is 0.750 bits per heavy atom. The van der Waals surface area contributed by atoms with E-state index in [1.165, 1.54) is 0 Å². The van der Waals surface area contributed by atoms with Crippen LogP contribution >= 0.6 is 0 Å². The largest absolute Gasteiger partial charge is 0.542 e. The predicted octanol–water partition coefficient (Wildman–Crippen LogP) is 6.61. The molecule has 0 saturated carbocycles. The first-order valence-corrected chi connectivity index (χ1v) is 9.64. The zero-order valence-corrected chi connectivity index (χ0v) is 26.4. The summed E-state index contributed by atoms with van der Waals surface area (Å²) < 4.78 is 0. The molecule has 0 N–H and O–H groups in total. The Labute approximate surface area is 228 Å². The molecule has 0 unspecified atom stereocenters. The van der Waals surface area contributed by atoms with E-state index in [0.29, 0.717) is 24.0 Å². The molecule has 28 heavy (non-hydrogen) atoms. The Bertz CT molecular complexity index is 275. The van der Waals surface area contributed by atoms with Gasteiger partial charge in [0.15, 0.2) is 0 Å². The zero-order valence-electron chi connectivity index (χ0n) is 20.8. The van der Waals surface area contributed by atoms with Gasteiger partial charge in [0.1, 0.15) is 5.78 Å². The van der Waals surface area contributed by atoms with Gasteiger partial charge in [0.2, 0.25) is 0 Å². The predicted molar refractivity (Wildman–Crippen MR) is 116 cm³/mol. The van der Waals surface area contributed by atoms with Gasteiger partial charge in [-0.25, -0.2) is 0 Å². The quantitative estimate of drug-likeness (QED) is 0.351. The summed E-state index contributed by atoms with van der Waals surface area (Å²) in [5, 5.41) is 0. The van der Waals surface area contributed by atoms with Crippen molar-refractivity contribution >= 4 is 18.4 Å². The van der Waals surface area contributed by atoms with E-state index >= 15 is 0 Å². The molecule has 0 fully saturated rings. The third-order valence-corrected chi connectivity index (χ3v) is 1.98. The van der Waals surface area contributed by atoms with E-state index < -0.39 is 0 Å². The first-order valence-electron chi connectivity index (χ1n) is 9.64. The van der Waals surface area contributed by atoms with Gasteiger partial charge < -0.3 is 22.4 Å². The number of carbonyl (C=O) groups excluding carboxylic acids is 3. The van der Waals surface area contributed by atoms with Gasteiger partial charge in [-0.15, -0.1) is 5.92 Å². The minimum absolute atomic E-state index is 0. The average molecular weight is 548 g/mol. The van der Waals surface area contributed by atoms with Crippen molar-refractivity contribution in [2.75, 3.05) is 0 Å². The van der Waals surface area contributed by atoms with Crippen LogP contribution < -0.4 is 0 Å². The van der Waals surface area contributed by atoms with Crippen molar-refractivity contribution in [3.63, 3.8) is 0 Å². The number of hydrogen-bond acceptors (Lipinski definition) is 3. The number of rotatable bonds is 6. The fraction of sp³-hybridized carbons (Fsp3) is 0.783. The van der Waals surface area contributed by atoms with Crippen LogP contribution in [0, 0.1) is 36.5 Å². The molecule has 0 aliphatic carbocycles. The summed E-state index contributed by atoms with van der Waals surface area (Å²) in [4.78, 5) is 29.8. The molecule has 0 aromatic heterocycles. The van der Waals surface area contributed by atoms with Crippen LogP contribution in [0.2, 0.25) is 0 Å². The zero-order chi connectivity index (χ0) is 22.1. The van der Waals surface area contributed by atoms with Crippen molar-refractivity contribution in [2.45, 2.75) is 95.9 Å². The first-order chi connectivity index (χ1) is 11.9. The number of Topliss-reactive ketones (excluding diaryl/α,β-unsaturated/α-hetero) is 1. The van der Waals surface area contributed by atoms with Crippen molar-refractivity contribution in [3.05, 3.63) is 12.8 Å². The molecular formula is C23H46O3Y2-4. The summed E-state index contributed by atoms with van der Waals surface area (Å²) >= 11 is 0. The molecule has 3 nitrogen and oxygen atoms in total. The SMILES string of the molecule is CC(C)CC(=O)C(C)C.CC(C)C[C-]=O.CC(C)[C-]=O.C[CH-]C.C[CH-]C.[Y].[Y]. The van der Waals surface area contributed by atoms with Crippen molar-refractivity contribution in [3.8, 4) is 0 Å². The van der Waals surface area contributed by atoms with Crippen LogP contribution in [0.5, 0.6) is 0 Å². The van der Waals surface area contributed by atoms with Crippen LogP contribution in [-0.2, 0) is 79.8 Å². The maximum atomic E-state index is 11.0. The fourth-order valence-corrected chi connectivity index (χ4v) is 0.805. The molecule has 0 rings (SSSR count). The fourth-order valence-electron chi connectivity index (χ4n) is 0.805. The minimum Gasteiger partial charge on any atom is -0.542 e. The second-order valence-corrected chi connectivity index (χ2v) is 7.39. The van der Waals surface area contributed by atoms with Crippen molar-refractivity contribution in [1.29, 1.82) is 0 Å². The van der Waals surface area contributed by atoms with Gasteiger partial charge in [0.05, 0.1) is 0 Å². The molecule has 0 aromatic carbocycles. The van der Waals surface area contributed by atoms with E-state index in [2.05, 4.69) is 13.8 Å². The summed E-state index contributed by atoms with van der Waals surface area (Å²) in [5.74, 6) is 1.66. The number of ketones is 1. The normalized spacial score (nSPS) is 8.29. The van der Waals surface area contributed by atoms with Crippen LogP contribution in [0.1, 0.15) is 95.9 Å². The maximum absolute atomic E-state index is 11.0. The molecular weight excluding hydrogens is 502 g/mol. The minimum atomic E-state index is 0. The molecule has 0 spiro atoms. The van der Waals surface area contributed by atoms with Crippen molar-refractivity contribution in [1.82, 2.24) is 0 Å². The molecule has 0 aliphatic heterocycles. The molecule has 0 heterocycles. The van der Waals surface area contributed by atoms with Crippen LogP contribution in [0.15, 0.2) is 0 Å². The Balaban J connectivity index is -0.0000000413. The van der Waals surface area contributed by atoms with Crippen LogP contribution in [0.4, 0.5) is 0 Å². The van der Waals surface area contributed by atoms with Gasteiger partial charge in [0.25, 0.3) is 0 Å². The number of carbonyl (C=O) groups is 1. The Kier molecular flexibility index (Phi) is 71.3. The Hall–Kier alpha value is 1.22. The van der Waals surface area contributed by atoms with Crippen LogP contribution in [-0.4, -0.2) is 18.4 Å². The molecule has 5 heteroatoms. The van der Waals surface area contributed by atoms with E-state index in [0.717, 1.165) is 6.42 Å². The first kappa shape index (κ1) is 47.1. The van der Waals surface area contributed by atoms with Crippen LogP contribution in [0.3, 0.4) is 0 Å². The summed E-state index contributed by atoms with van der Waals surface area (Å²) in [6.07, 6.45) is 8.90. The molecule has 0 bridgehead atoms. The molecule has 0 aromatic rings. The average Bonchev–Trinajstić information content (AvgIpc) is 2.49. The van der Waals surface area contributed by atoms with Crippen LogP contribution in [0.25, 0.3) is 0 Å². The summed E-state index contributed by atoms with van der Waals surface area (Å²) in [6, 6.07) is 0. The van der Waals surface area contributed by atoms with Gasteiger partial charge in [-0.3, -0.25) is 17.4 Å². The molecule has 0 atom stereocenters. The van der Waals surface area contributed by atoms with E-state index in [-0.39, 0.29) is 77.3 Å². The molecule has 2 radical (unpaired) electrons. The Morgan fingerprint density at radius 2 is 1.04 bits per heavy atom. The third kappa shape index (κ3) is 92.6. The van der Waals surface area contributed by atoms with E-state index in [4.69, 9.17) is 0 Å². The summed E-state index contributed by atoms with van der Waals surface area (Å²) in [5.41, 5.74) is 0. The second-order valence-electron chi connectivity index (χ2n) is 7.39. The Morgan fingerprint density at radius 3 is 1.07 bits per heavy atom. The van der Waals surface area contributed by atoms with Gasteiger partial charge in [-0.05, 0) is 5.92 Å². The summed E-state index contributed by atoms with van der Waals surface area (Å²) in [7, 11) is 0. The second kappa shape index (κ2) is 42.3. The van der Waals surface area contributed by atoms with E-state index in [1.54, 1.807) is 20.1 Å². The van der Waals surface area contributed by atoms with Gasteiger partial charge in [0, 0.05) is 77.8 Å². The molecule has 166 valence electrons.